The van der Waals surface area contributed by atoms with Crippen LogP contribution in [-0.4, -0.2) is 12.8 Å². The second kappa shape index (κ2) is 4.55. The van der Waals surface area contributed by atoms with Gasteiger partial charge in [0.25, 0.3) is 0 Å². The van der Waals surface area contributed by atoms with Gasteiger partial charge >= 0.3 is 0 Å². The normalized spacial score (nSPS) is 12.4. The molecule has 2 rings (SSSR count). The van der Waals surface area contributed by atoms with Crippen LogP contribution in [0.1, 0.15) is 29.3 Å². The van der Waals surface area contributed by atoms with E-state index >= 15 is 0 Å². The van der Waals surface area contributed by atoms with Crippen LogP contribution in [0.3, 0.4) is 0 Å². The highest BCUT2D eigenvalue weighted by molar-refractivity contribution is 7.38. The van der Waals surface area contributed by atoms with Crippen LogP contribution in [0.15, 0.2) is 10.5 Å². The third-order valence-corrected chi connectivity index (χ3v) is 5.26. The second-order valence-corrected chi connectivity index (χ2v) is 5.93. The van der Waals surface area contributed by atoms with E-state index in [-0.39, 0.29) is 0 Å². The van der Waals surface area contributed by atoms with Crippen LogP contribution < -0.4 is 5.43 Å². The molecule has 0 spiro atoms. The summed E-state index contributed by atoms with van der Waals surface area (Å²) in [6, 6.07) is 0. The third kappa shape index (κ3) is 1.76. The predicted octanol–water partition coefficient (Wildman–Crippen LogP) is 3.91. The Morgan fingerprint density at radius 1 is 1.44 bits per heavy atom. The van der Waals surface area contributed by atoms with Crippen molar-refractivity contribution in [3.05, 3.63) is 21.4 Å². The van der Waals surface area contributed by atoms with Gasteiger partial charge in [-0.3, -0.25) is 0 Å². The first kappa shape index (κ1) is 11.6. The Bertz CT molecular complexity index is 534. The van der Waals surface area contributed by atoms with E-state index in [4.69, 9.17) is 0 Å². The predicted molar refractivity (Wildman–Crippen MR) is 75.1 cm³/mol. The Morgan fingerprint density at radius 2 is 2.19 bits per heavy atom. The van der Waals surface area contributed by atoms with Crippen molar-refractivity contribution in [1.29, 1.82) is 0 Å². The zero-order valence-electron chi connectivity index (χ0n) is 10.0. The van der Waals surface area contributed by atoms with E-state index in [0.717, 1.165) is 12.1 Å². The van der Waals surface area contributed by atoms with Crippen molar-refractivity contribution in [1.82, 2.24) is 5.43 Å². The van der Waals surface area contributed by atoms with E-state index in [2.05, 4.69) is 36.7 Å². The number of nitrogens with one attached hydrogen (secondary N) is 1. The summed E-state index contributed by atoms with van der Waals surface area (Å²) in [7, 11) is 1.85. The monoisotopic (exact) mass is 252 g/mol. The van der Waals surface area contributed by atoms with Gasteiger partial charge in [-0.25, -0.2) is 0 Å². The lowest BCUT2D eigenvalue weighted by molar-refractivity contribution is 0.893. The van der Waals surface area contributed by atoms with E-state index in [9.17, 15) is 0 Å². The van der Waals surface area contributed by atoms with Gasteiger partial charge in [-0.1, -0.05) is 6.92 Å². The highest BCUT2D eigenvalue weighted by atomic mass is 32.2. The van der Waals surface area contributed by atoms with Crippen LogP contribution in [0.5, 0.6) is 0 Å². The van der Waals surface area contributed by atoms with Gasteiger partial charge in [-0.15, -0.1) is 22.7 Å². The average Bonchev–Trinajstić information content (AvgIpc) is 2.78. The molecule has 2 aromatic heterocycles. The summed E-state index contributed by atoms with van der Waals surface area (Å²) in [5.41, 5.74) is 6.83. The Morgan fingerprint density at radius 3 is 2.75 bits per heavy atom. The second-order valence-electron chi connectivity index (χ2n) is 3.77. The lowest BCUT2D eigenvalue weighted by Crippen LogP contribution is -2.05. The lowest BCUT2D eigenvalue weighted by atomic mass is 10.1. The van der Waals surface area contributed by atoms with Crippen molar-refractivity contribution in [3.63, 3.8) is 0 Å². The molecule has 86 valence electrons. The smallest absolute Gasteiger partial charge is 0.0877 e. The molecule has 0 atom stereocenters. The number of aryl methyl sites for hydroxylation is 2. The van der Waals surface area contributed by atoms with Gasteiger partial charge in [0, 0.05) is 12.4 Å². The van der Waals surface area contributed by atoms with Crippen LogP contribution in [0.2, 0.25) is 0 Å². The molecule has 0 fully saturated rings. The largest absolute Gasteiger partial charge is 0.313 e. The first-order chi connectivity index (χ1) is 7.69. The first-order valence-corrected chi connectivity index (χ1v) is 7.09. The van der Waals surface area contributed by atoms with E-state index in [1.54, 1.807) is 0 Å². The van der Waals surface area contributed by atoms with Gasteiger partial charge in [-0.2, -0.15) is 5.10 Å². The maximum atomic E-state index is 4.36. The molecule has 0 saturated carbocycles. The number of hydrogen-bond acceptors (Lipinski definition) is 4. The molecule has 0 aliphatic rings. The minimum absolute atomic E-state index is 0.967. The zero-order chi connectivity index (χ0) is 11.7. The number of rotatable bonds is 3. The molecule has 2 nitrogen and oxygen atoms in total. The Kier molecular flexibility index (Phi) is 3.30. The van der Waals surface area contributed by atoms with Crippen molar-refractivity contribution in [2.45, 2.75) is 27.2 Å². The van der Waals surface area contributed by atoms with Crippen LogP contribution in [0.25, 0.3) is 9.40 Å². The average molecular weight is 252 g/mol. The zero-order valence-corrected chi connectivity index (χ0v) is 11.7. The highest BCUT2D eigenvalue weighted by Crippen LogP contribution is 2.38. The third-order valence-electron chi connectivity index (χ3n) is 2.70. The van der Waals surface area contributed by atoms with E-state index < -0.39 is 0 Å². The molecule has 16 heavy (non-hydrogen) atoms. The minimum Gasteiger partial charge on any atom is -0.313 e. The van der Waals surface area contributed by atoms with Gasteiger partial charge in [0.1, 0.15) is 0 Å². The van der Waals surface area contributed by atoms with Gasteiger partial charge < -0.3 is 5.43 Å². The SMILES string of the molecule is CCC(=NNC)c1sc2scc(C)c2c1C. The summed E-state index contributed by atoms with van der Waals surface area (Å²) in [6.07, 6.45) is 0.967. The van der Waals surface area contributed by atoms with Crippen LogP contribution in [0.4, 0.5) is 0 Å². The quantitative estimate of drug-likeness (QED) is 0.650. The molecule has 0 aliphatic carbocycles. The molecule has 2 heterocycles. The molecule has 2 aromatic rings. The van der Waals surface area contributed by atoms with Crippen molar-refractivity contribution >= 4 is 37.8 Å². The first-order valence-electron chi connectivity index (χ1n) is 5.39. The fraction of sp³-hybridized carbons (Fsp3) is 0.417. The summed E-state index contributed by atoms with van der Waals surface area (Å²) >= 11 is 3.70. The standard InChI is InChI=1S/C12H16N2S2/c1-5-9(14-13-4)11-8(3)10-7(2)6-15-12(10)16-11/h6,13H,5H2,1-4H3. The minimum atomic E-state index is 0.967. The summed E-state index contributed by atoms with van der Waals surface area (Å²) < 4.78 is 1.42. The van der Waals surface area contributed by atoms with Crippen molar-refractivity contribution < 1.29 is 0 Å². The summed E-state index contributed by atoms with van der Waals surface area (Å²) in [5, 5.41) is 8.03. The fourth-order valence-corrected chi connectivity index (χ4v) is 4.51. The molecule has 4 heteroatoms. The maximum Gasteiger partial charge on any atom is 0.0877 e. The summed E-state index contributed by atoms with van der Waals surface area (Å²) in [6.45, 7) is 6.54. The molecule has 0 aromatic carbocycles. The lowest BCUT2D eigenvalue weighted by Gasteiger charge is -2.02. The number of fused-ring (bicyclic) bond motifs is 1. The summed E-state index contributed by atoms with van der Waals surface area (Å²) in [4.78, 5) is 1.34. The molecule has 0 radical (unpaired) electrons. The Labute approximate surface area is 104 Å². The van der Waals surface area contributed by atoms with Gasteiger partial charge in [0.05, 0.1) is 14.6 Å². The van der Waals surface area contributed by atoms with Gasteiger partial charge in [0.15, 0.2) is 0 Å². The number of hydrogen-bond donors (Lipinski definition) is 1. The van der Waals surface area contributed by atoms with Crippen LogP contribution in [0, 0.1) is 13.8 Å². The topological polar surface area (TPSA) is 24.4 Å². The molecule has 0 saturated heterocycles. The Hall–Kier alpha value is -0.870. The van der Waals surface area contributed by atoms with E-state index in [1.165, 1.54) is 25.4 Å². The number of hydrazone groups is 1. The van der Waals surface area contributed by atoms with Crippen molar-refractivity contribution in [2.24, 2.45) is 5.10 Å². The van der Waals surface area contributed by atoms with Crippen molar-refractivity contribution in [3.8, 4) is 0 Å². The molecule has 0 bridgehead atoms. The number of thiophene rings is 2. The van der Waals surface area contributed by atoms with Crippen LogP contribution >= 0.6 is 22.7 Å². The highest BCUT2D eigenvalue weighted by Gasteiger charge is 2.15. The molecule has 1 N–H and O–H groups in total. The fourth-order valence-electron chi connectivity index (χ4n) is 1.93. The van der Waals surface area contributed by atoms with Gasteiger partial charge in [0.2, 0.25) is 0 Å². The van der Waals surface area contributed by atoms with E-state index in [1.807, 2.05) is 29.7 Å². The Balaban J connectivity index is 2.61. The molecule has 0 amide bonds. The van der Waals surface area contributed by atoms with Crippen LogP contribution in [-0.2, 0) is 0 Å². The maximum absolute atomic E-state index is 4.36. The molecule has 0 aliphatic heterocycles. The summed E-state index contributed by atoms with van der Waals surface area (Å²) in [5.74, 6) is 0. The number of nitrogens with zero attached hydrogens (tertiary/aromatic N) is 1. The molecule has 0 unspecified atom stereocenters. The van der Waals surface area contributed by atoms with E-state index in [0.29, 0.717) is 0 Å². The van der Waals surface area contributed by atoms with Crippen molar-refractivity contribution in [2.75, 3.05) is 7.05 Å². The molecular weight excluding hydrogens is 236 g/mol. The molecular formula is C12H16N2S2. The van der Waals surface area contributed by atoms with Gasteiger partial charge in [-0.05, 0) is 36.8 Å².